The molecule has 192 valence electrons. The molecule has 0 saturated carbocycles. The monoisotopic (exact) mass is 519 g/mol. The van der Waals surface area contributed by atoms with Crippen LogP contribution in [-0.4, -0.2) is 56.6 Å². The first-order valence-electron chi connectivity index (χ1n) is 11.7. The normalized spacial score (nSPS) is 11.2. The van der Waals surface area contributed by atoms with Crippen LogP contribution in [0.4, 0.5) is 0 Å². The zero-order valence-electron chi connectivity index (χ0n) is 21.4. The highest BCUT2D eigenvalue weighted by Crippen LogP contribution is 2.32. The van der Waals surface area contributed by atoms with Gasteiger partial charge in [0, 0.05) is 17.7 Å². The molecule has 37 heavy (non-hydrogen) atoms. The van der Waals surface area contributed by atoms with Gasteiger partial charge in [-0.2, -0.15) is 10.2 Å². The van der Waals surface area contributed by atoms with Gasteiger partial charge < -0.3 is 14.0 Å². The van der Waals surface area contributed by atoms with Crippen molar-refractivity contribution in [3.05, 3.63) is 65.5 Å². The van der Waals surface area contributed by atoms with Crippen LogP contribution in [0.1, 0.15) is 23.9 Å². The number of aromatic nitrogens is 5. The molecule has 0 radical (unpaired) electrons. The Bertz CT molecular complexity index is 1410. The molecule has 10 nitrogen and oxygen atoms in total. The third-order valence-electron chi connectivity index (χ3n) is 5.74. The van der Waals surface area contributed by atoms with E-state index in [0.29, 0.717) is 29.0 Å². The van der Waals surface area contributed by atoms with E-state index in [-0.39, 0.29) is 11.7 Å². The number of hydrogen-bond acceptors (Lipinski definition) is 8. The zero-order valence-corrected chi connectivity index (χ0v) is 22.2. The Balaban J connectivity index is 1.40. The lowest BCUT2D eigenvalue weighted by molar-refractivity contribution is -0.118. The molecule has 0 spiro atoms. The number of amides is 1. The van der Waals surface area contributed by atoms with Crippen LogP contribution in [0.25, 0.3) is 17.1 Å². The van der Waals surface area contributed by atoms with E-state index >= 15 is 0 Å². The molecule has 1 N–H and O–H groups in total. The molecule has 2 aromatic heterocycles. The van der Waals surface area contributed by atoms with Crippen LogP contribution in [-0.2, 0) is 11.3 Å². The fourth-order valence-electron chi connectivity index (χ4n) is 3.86. The Labute approximate surface area is 219 Å². The lowest BCUT2D eigenvalue weighted by Gasteiger charge is -2.10. The van der Waals surface area contributed by atoms with Gasteiger partial charge >= 0.3 is 0 Å². The van der Waals surface area contributed by atoms with E-state index in [0.717, 1.165) is 28.2 Å². The van der Waals surface area contributed by atoms with Crippen LogP contribution < -0.4 is 14.9 Å². The van der Waals surface area contributed by atoms with Gasteiger partial charge in [0.15, 0.2) is 22.5 Å². The number of methoxy groups -OCH3 is 2. The third-order valence-corrected chi connectivity index (χ3v) is 6.70. The fraction of sp³-hybridized carbons (Fsp3) is 0.269. The van der Waals surface area contributed by atoms with Crippen LogP contribution >= 0.6 is 11.8 Å². The minimum Gasteiger partial charge on any atom is -0.493 e. The number of benzene rings is 2. The van der Waals surface area contributed by atoms with Crippen molar-refractivity contribution >= 4 is 23.9 Å². The molecule has 0 unspecified atom stereocenters. The molecule has 0 aliphatic rings. The highest BCUT2D eigenvalue weighted by atomic mass is 32.2. The quantitative estimate of drug-likeness (QED) is 0.191. The zero-order chi connectivity index (χ0) is 26.4. The SMILES string of the molecule is CCn1c(SCC(=O)N/N=C\c2c(C)nn(-c3ccccc3)c2C)nnc1-c1ccc(OC)c(OC)c1. The number of aryl methyl sites for hydroxylation is 1. The second kappa shape index (κ2) is 11.7. The summed E-state index contributed by atoms with van der Waals surface area (Å²) in [5.74, 6) is 1.83. The highest BCUT2D eigenvalue weighted by Gasteiger charge is 2.17. The van der Waals surface area contributed by atoms with Gasteiger partial charge in [-0.15, -0.1) is 10.2 Å². The van der Waals surface area contributed by atoms with Crippen LogP contribution in [0, 0.1) is 13.8 Å². The predicted molar refractivity (Wildman–Crippen MR) is 144 cm³/mol. The van der Waals surface area contributed by atoms with Crippen LogP contribution in [0.2, 0.25) is 0 Å². The van der Waals surface area contributed by atoms with E-state index in [4.69, 9.17) is 9.47 Å². The number of para-hydroxylation sites is 1. The van der Waals surface area contributed by atoms with Crippen molar-refractivity contribution in [3.63, 3.8) is 0 Å². The second-order valence-electron chi connectivity index (χ2n) is 8.03. The second-order valence-corrected chi connectivity index (χ2v) is 8.98. The predicted octanol–water partition coefficient (Wildman–Crippen LogP) is 4.03. The maximum atomic E-state index is 12.5. The first kappa shape index (κ1) is 26.0. The minimum absolute atomic E-state index is 0.142. The molecule has 0 saturated heterocycles. The van der Waals surface area contributed by atoms with Gasteiger partial charge in [0.1, 0.15) is 0 Å². The molecule has 0 aliphatic heterocycles. The van der Waals surface area contributed by atoms with E-state index in [1.807, 2.05) is 78.6 Å². The molecule has 0 atom stereocenters. The summed E-state index contributed by atoms with van der Waals surface area (Å²) in [6, 6.07) is 15.5. The number of hydrazone groups is 1. The van der Waals surface area contributed by atoms with Crippen molar-refractivity contribution in [2.24, 2.45) is 5.10 Å². The first-order chi connectivity index (χ1) is 18.0. The lowest BCUT2D eigenvalue weighted by atomic mass is 10.2. The van der Waals surface area contributed by atoms with Crippen molar-refractivity contribution in [2.45, 2.75) is 32.5 Å². The van der Waals surface area contributed by atoms with Crippen molar-refractivity contribution in [1.82, 2.24) is 30.0 Å². The number of nitrogens with one attached hydrogen (secondary N) is 1. The lowest BCUT2D eigenvalue weighted by Crippen LogP contribution is -2.20. The Morgan fingerprint density at radius 2 is 1.84 bits per heavy atom. The molecule has 11 heteroatoms. The van der Waals surface area contributed by atoms with E-state index in [2.05, 4.69) is 25.8 Å². The minimum atomic E-state index is -0.245. The Hall–Kier alpha value is -4.12. The largest absolute Gasteiger partial charge is 0.493 e. The maximum absolute atomic E-state index is 12.5. The van der Waals surface area contributed by atoms with Gasteiger partial charge in [0.2, 0.25) is 0 Å². The van der Waals surface area contributed by atoms with Gasteiger partial charge in [0.05, 0.1) is 43.3 Å². The molecule has 1 amide bonds. The smallest absolute Gasteiger partial charge is 0.250 e. The molecule has 2 aromatic carbocycles. The van der Waals surface area contributed by atoms with Crippen molar-refractivity contribution in [1.29, 1.82) is 0 Å². The summed E-state index contributed by atoms with van der Waals surface area (Å²) in [7, 11) is 3.18. The van der Waals surface area contributed by atoms with Crippen LogP contribution in [0.5, 0.6) is 11.5 Å². The number of thioether (sulfide) groups is 1. The van der Waals surface area contributed by atoms with Gasteiger partial charge in [0.25, 0.3) is 5.91 Å². The number of nitrogens with zero attached hydrogens (tertiary/aromatic N) is 6. The first-order valence-corrected chi connectivity index (χ1v) is 12.7. The number of ether oxygens (including phenoxy) is 2. The van der Waals surface area contributed by atoms with Crippen molar-refractivity contribution in [2.75, 3.05) is 20.0 Å². The average molecular weight is 520 g/mol. The van der Waals surface area contributed by atoms with Gasteiger partial charge in [-0.3, -0.25) is 4.79 Å². The van der Waals surface area contributed by atoms with Gasteiger partial charge in [-0.05, 0) is 51.1 Å². The van der Waals surface area contributed by atoms with Crippen molar-refractivity contribution in [3.8, 4) is 28.6 Å². The number of rotatable bonds is 10. The highest BCUT2D eigenvalue weighted by molar-refractivity contribution is 7.99. The maximum Gasteiger partial charge on any atom is 0.250 e. The number of carbonyl (C=O) groups excluding carboxylic acids is 1. The number of hydrogen-bond donors (Lipinski definition) is 1. The Morgan fingerprint density at radius 3 is 2.54 bits per heavy atom. The van der Waals surface area contributed by atoms with E-state index in [1.54, 1.807) is 20.4 Å². The Kier molecular flexibility index (Phi) is 8.24. The molecular formula is C26H29N7O3S. The summed E-state index contributed by atoms with van der Waals surface area (Å²) in [4.78, 5) is 12.5. The summed E-state index contributed by atoms with van der Waals surface area (Å²) < 4.78 is 14.5. The third kappa shape index (κ3) is 5.67. The molecule has 2 heterocycles. The average Bonchev–Trinajstić information content (AvgIpc) is 3.47. The van der Waals surface area contributed by atoms with Crippen molar-refractivity contribution < 1.29 is 14.3 Å². The van der Waals surface area contributed by atoms with Gasteiger partial charge in [-0.1, -0.05) is 30.0 Å². The summed E-state index contributed by atoms with van der Waals surface area (Å²) in [5, 5.41) is 18.0. The van der Waals surface area contributed by atoms with E-state index in [1.165, 1.54) is 11.8 Å². The van der Waals surface area contributed by atoms with Gasteiger partial charge in [-0.25, -0.2) is 10.1 Å². The van der Waals surface area contributed by atoms with E-state index in [9.17, 15) is 4.79 Å². The summed E-state index contributed by atoms with van der Waals surface area (Å²) in [6.07, 6.45) is 1.63. The Morgan fingerprint density at radius 1 is 1.08 bits per heavy atom. The molecule has 0 aliphatic carbocycles. The topological polar surface area (TPSA) is 108 Å². The molecule has 0 fully saturated rings. The fourth-order valence-corrected chi connectivity index (χ4v) is 4.66. The van der Waals surface area contributed by atoms with Crippen LogP contribution in [0.15, 0.2) is 58.8 Å². The summed E-state index contributed by atoms with van der Waals surface area (Å²) in [6.45, 7) is 6.53. The number of carbonyl (C=O) groups is 1. The summed E-state index contributed by atoms with van der Waals surface area (Å²) in [5.41, 5.74) is 7.03. The molecular weight excluding hydrogens is 490 g/mol. The standard InChI is InChI=1S/C26H29N7O3S/c1-6-32-25(19-12-13-22(35-4)23(14-19)36-5)29-30-26(32)37-16-24(34)28-27-15-21-17(2)31-33(18(21)3)20-10-8-7-9-11-20/h7-15H,6,16H2,1-5H3,(H,28,34)/b27-15-. The van der Waals surface area contributed by atoms with Crippen LogP contribution in [0.3, 0.4) is 0 Å². The molecule has 0 bridgehead atoms. The molecule has 4 aromatic rings. The molecule has 4 rings (SSSR count). The van der Waals surface area contributed by atoms with E-state index < -0.39 is 0 Å². The summed E-state index contributed by atoms with van der Waals surface area (Å²) >= 11 is 1.30.